The molecule has 4 rings (SSSR count). The van der Waals surface area contributed by atoms with Gasteiger partial charge in [-0.2, -0.15) is 0 Å². The Labute approximate surface area is 190 Å². The molecule has 0 atom stereocenters. The molecule has 2 aliphatic rings. The average molecular weight is 457 g/mol. The van der Waals surface area contributed by atoms with E-state index in [1.807, 2.05) is 37.3 Å². The molecular formula is C23H24N2O6S. The summed E-state index contributed by atoms with van der Waals surface area (Å²) in [6, 6.07) is 11.0. The Hall–Kier alpha value is -3.17. The Morgan fingerprint density at radius 1 is 1.16 bits per heavy atom. The number of rotatable bonds is 8. The third-order valence-electron chi connectivity index (χ3n) is 4.80. The SMILES string of the molecule is CCOc1cc2c(cc1/C=C1\SC(=Nc3ccc(OC)cc3)N(CCOC)C1=O)OCO2. The van der Waals surface area contributed by atoms with Crippen LogP contribution in [0, 0.1) is 0 Å². The van der Waals surface area contributed by atoms with Crippen LogP contribution < -0.4 is 18.9 Å². The van der Waals surface area contributed by atoms with Crippen molar-refractivity contribution in [3.8, 4) is 23.0 Å². The van der Waals surface area contributed by atoms with Gasteiger partial charge in [-0.1, -0.05) is 0 Å². The lowest BCUT2D eigenvalue weighted by Gasteiger charge is -2.14. The molecule has 2 aliphatic heterocycles. The van der Waals surface area contributed by atoms with E-state index in [0.29, 0.717) is 47.1 Å². The number of thioether (sulfide) groups is 1. The molecule has 2 aromatic carbocycles. The number of nitrogens with zero attached hydrogens (tertiary/aromatic N) is 2. The standard InChI is InChI=1S/C23H24N2O6S/c1-4-29-18-13-20-19(30-14-31-20)11-15(18)12-21-22(26)25(9-10-27-2)23(32-21)24-16-5-7-17(28-3)8-6-16/h5-8,11-13H,4,9-10,14H2,1-3H3/b21-12-,24-23?. The molecule has 2 aromatic rings. The second kappa shape index (κ2) is 9.97. The predicted molar refractivity (Wildman–Crippen MR) is 123 cm³/mol. The van der Waals surface area contributed by atoms with Crippen molar-refractivity contribution in [2.24, 2.45) is 4.99 Å². The van der Waals surface area contributed by atoms with Crippen LogP contribution in [-0.2, 0) is 9.53 Å². The number of carbonyl (C=O) groups is 1. The van der Waals surface area contributed by atoms with Crippen LogP contribution in [-0.4, -0.2) is 56.7 Å². The van der Waals surface area contributed by atoms with E-state index in [1.54, 1.807) is 31.3 Å². The predicted octanol–water partition coefficient (Wildman–Crippen LogP) is 4.07. The average Bonchev–Trinajstić information content (AvgIpc) is 3.37. The lowest BCUT2D eigenvalue weighted by molar-refractivity contribution is -0.122. The molecule has 0 bridgehead atoms. The highest BCUT2D eigenvalue weighted by molar-refractivity contribution is 8.18. The molecule has 8 nitrogen and oxygen atoms in total. The Kier molecular flexibility index (Phi) is 6.87. The van der Waals surface area contributed by atoms with Gasteiger partial charge in [0.05, 0.1) is 37.5 Å². The summed E-state index contributed by atoms with van der Waals surface area (Å²) in [4.78, 5) is 20.0. The quantitative estimate of drug-likeness (QED) is 0.554. The van der Waals surface area contributed by atoms with Crippen LogP contribution >= 0.6 is 11.8 Å². The van der Waals surface area contributed by atoms with Crippen molar-refractivity contribution in [1.82, 2.24) is 4.90 Å². The number of hydrogen-bond donors (Lipinski definition) is 0. The first-order valence-corrected chi connectivity index (χ1v) is 10.9. The minimum Gasteiger partial charge on any atom is -0.497 e. The lowest BCUT2D eigenvalue weighted by atomic mass is 10.1. The van der Waals surface area contributed by atoms with Crippen molar-refractivity contribution in [2.45, 2.75) is 6.92 Å². The lowest BCUT2D eigenvalue weighted by Crippen LogP contribution is -2.32. The third-order valence-corrected chi connectivity index (χ3v) is 5.80. The summed E-state index contributed by atoms with van der Waals surface area (Å²) in [5.41, 5.74) is 1.46. The highest BCUT2D eigenvalue weighted by Gasteiger charge is 2.33. The van der Waals surface area contributed by atoms with Crippen molar-refractivity contribution < 1.29 is 28.5 Å². The molecule has 2 heterocycles. The van der Waals surface area contributed by atoms with Crippen LogP contribution in [0.25, 0.3) is 6.08 Å². The van der Waals surface area contributed by atoms with Crippen LogP contribution in [0.5, 0.6) is 23.0 Å². The molecule has 0 N–H and O–H groups in total. The van der Waals surface area contributed by atoms with Gasteiger partial charge in [-0.25, -0.2) is 4.99 Å². The molecule has 32 heavy (non-hydrogen) atoms. The Bertz CT molecular complexity index is 1050. The van der Waals surface area contributed by atoms with Crippen LogP contribution in [0.1, 0.15) is 12.5 Å². The van der Waals surface area contributed by atoms with E-state index in [0.717, 1.165) is 17.0 Å². The van der Waals surface area contributed by atoms with Crippen LogP contribution in [0.15, 0.2) is 46.3 Å². The van der Waals surface area contributed by atoms with Gasteiger partial charge in [-0.05, 0) is 55.1 Å². The Morgan fingerprint density at radius 2 is 1.91 bits per heavy atom. The molecule has 0 spiro atoms. The number of ether oxygens (including phenoxy) is 5. The fraction of sp³-hybridized carbons (Fsp3) is 0.304. The fourth-order valence-electron chi connectivity index (χ4n) is 3.21. The molecule has 1 saturated heterocycles. The van der Waals surface area contributed by atoms with Crippen LogP contribution in [0.2, 0.25) is 0 Å². The maximum absolute atomic E-state index is 13.2. The summed E-state index contributed by atoms with van der Waals surface area (Å²) in [7, 11) is 3.22. The number of fused-ring (bicyclic) bond motifs is 1. The van der Waals surface area contributed by atoms with E-state index in [2.05, 4.69) is 4.99 Å². The molecule has 9 heteroatoms. The monoisotopic (exact) mass is 456 g/mol. The minimum atomic E-state index is -0.139. The van der Waals surface area contributed by atoms with Gasteiger partial charge in [-0.3, -0.25) is 9.69 Å². The molecule has 0 radical (unpaired) electrons. The highest BCUT2D eigenvalue weighted by atomic mass is 32.2. The fourth-order valence-corrected chi connectivity index (χ4v) is 4.23. The zero-order chi connectivity index (χ0) is 22.5. The zero-order valence-electron chi connectivity index (χ0n) is 18.1. The number of aliphatic imine (C=N–C) groups is 1. The minimum absolute atomic E-state index is 0.139. The van der Waals surface area contributed by atoms with E-state index in [1.165, 1.54) is 11.8 Å². The maximum Gasteiger partial charge on any atom is 0.266 e. The molecule has 1 fully saturated rings. The van der Waals surface area contributed by atoms with Gasteiger partial charge in [0.2, 0.25) is 6.79 Å². The van der Waals surface area contributed by atoms with Gasteiger partial charge in [0.1, 0.15) is 11.5 Å². The first-order chi connectivity index (χ1) is 15.6. The van der Waals surface area contributed by atoms with E-state index in [9.17, 15) is 4.79 Å². The summed E-state index contributed by atoms with van der Waals surface area (Å²) in [6.45, 7) is 3.35. The Morgan fingerprint density at radius 3 is 2.59 bits per heavy atom. The van der Waals surface area contributed by atoms with E-state index >= 15 is 0 Å². The van der Waals surface area contributed by atoms with E-state index in [-0.39, 0.29) is 12.7 Å². The third kappa shape index (κ3) is 4.68. The molecule has 168 valence electrons. The zero-order valence-corrected chi connectivity index (χ0v) is 18.9. The van der Waals surface area contributed by atoms with Crippen molar-refractivity contribution in [3.63, 3.8) is 0 Å². The van der Waals surface area contributed by atoms with Crippen molar-refractivity contribution >= 4 is 34.6 Å². The summed E-state index contributed by atoms with van der Waals surface area (Å²) in [5, 5.41) is 0.585. The second-order valence-corrected chi connectivity index (χ2v) is 7.84. The maximum atomic E-state index is 13.2. The first-order valence-electron chi connectivity index (χ1n) is 10.1. The molecule has 1 amide bonds. The van der Waals surface area contributed by atoms with Gasteiger partial charge >= 0.3 is 0 Å². The smallest absolute Gasteiger partial charge is 0.266 e. The van der Waals surface area contributed by atoms with Gasteiger partial charge in [0.25, 0.3) is 5.91 Å². The van der Waals surface area contributed by atoms with Gasteiger partial charge < -0.3 is 23.7 Å². The number of methoxy groups -OCH3 is 2. The van der Waals surface area contributed by atoms with Crippen LogP contribution in [0.3, 0.4) is 0 Å². The number of amidine groups is 1. The largest absolute Gasteiger partial charge is 0.497 e. The van der Waals surface area contributed by atoms with E-state index < -0.39 is 0 Å². The number of carbonyl (C=O) groups excluding carboxylic acids is 1. The van der Waals surface area contributed by atoms with Crippen molar-refractivity contribution in [1.29, 1.82) is 0 Å². The first kappa shape index (κ1) is 22.0. The normalized spacial score (nSPS) is 17.5. The summed E-state index contributed by atoms with van der Waals surface area (Å²) < 4.78 is 27.1. The van der Waals surface area contributed by atoms with Crippen molar-refractivity contribution in [3.05, 3.63) is 46.9 Å². The van der Waals surface area contributed by atoms with Gasteiger partial charge in [0, 0.05) is 18.7 Å². The molecule has 0 aliphatic carbocycles. The van der Waals surface area contributed by atoms with Crippen molar-refractivity contribution in [2.75, 3.05) is 40.8 Å². The molecular weight excluding hydrogens is 432 g/mol. The van der Waals surface area contributed by atoms with Gasteiger partial charge in [0.15, 0.2) is 16.7 Å². The number of benzene rings is 2. The highest BCUT2D eigenvalue weighted by Crippen LogP contribution is 2.41. The van der Waals surface area contributed by atoms with Crippen LogP contribution in [0.4, 0.5) is 5.69 Å². The van der Waals surface area contributed by atoms with Gasteiger partial charge in [-0.15, -0.1) is 0 Å². The molecule has 0 saturated carbocycles. The summed E-state index contributed by atoms with van der Waals surface area (Å²) in [6.07, 6.45) is 1.80. The summed E-state index contributed by atoms with van der Waals surface area (Å²) in [5.74, 6) is 2.48. The Balaban J connectivity index is 1.68. The molecule has 0 aromatic heterocycles. The number of amides is 1. The van der Waals surface area contributed by atoms with E-state index in [4.69, 9.17) is 23.7 Å². The topological polar surface area (TPSA) is 78.8 Å². The molecule has 0 unspecified atom stereocenters. The summed E-state index contributed by atoms with van der Waals surface area (Å²) >= 11 is 1.31. The number of hydrogen-bond acceptors (Lipinski definition) is 8. The second-order valence-electron chi connectivity index (χ2n) is 6.83.